The molecular weight excluding hydrogens is 277 g/mol. The van der Waals surface area contributed by atoms with Crippen LogP contribution in [0.3, 0.4) is 0 Å². The molecule has 0 bridgehead atoms. The van der Waals surface area contributed by atoms with Crippen LogP contribution in [0.25, 0.3) is 11.5 Å². The first-order chi connectivity index (χ1) is 8.49. The molecule has 0 atom stereocenters. The van der Waals surface area contributed by atoms with Gasteiger partial charge in [-0.05, 0) is 6.07 Å². The van der Waals surface area contributed by atoms with Crippen molar-refractivity contribution in [3.05, 3.63) is 34.1 Å². The number of pyridine rings is 1. The molecule has 0 fully saturated rings. The molecule has 0 aromatic carbocycles. The minimum absolute atomic E-state index is 0.0275. The SMILES string of the molecule is NC(=O)c1cnc(-c2ncc(Cl)cc2Cl)nc1N. The second kappa shape index (κ2) is 4.75. The van der Waals surface area contributed by atoms with Gasteiger partial charge < -0.3 is 11.5 Å². The molecule has 0 aliphatic heterocycles. The topological polar surface area (TPSA) is 108 Å². The molecule has 2 heterocycles. The van der Waals surface area contributed by atoms with Crippen LogP contribution in [-0.4, -0.2) is 20.9 Å². The van der Waals surface area contributed by atoms with Crippen LogP contribution in [0.4, 0.5) is 5.82 Å². The quantitative estimate of drug-likeness (QED) is 0.869. The van der Waals surface area contributed by atoms with Crippen LogP contribution in [0.2, 0.25) is 10.0 Å². The van der Waals surface area contributed by atoms with E-state index in [9.17, 15) is 4.79 Å². The van der Waals surface area contributed by atoms with E-state index in [1.54, 1.807) is 0 Å². The number of rotatable bonds is 2. The number of nitrogens with zero attached hydrogens (tertiary/aromatic N) is 3. The zero-order valence-corrected chi connectivity index (χ0v) is 10.4. The summed E-state index contributed by atoms with van der Waals surface area (Å²) in [6.45, 7) is 0. The molecule has 0 aliphatic carbocycles. The Morgan fingerprint density at radius 2 is 1.94 bits per heavy atom. The lowest BCUT2D eigenvalue weighted by molar-refractivity contribution is 0.100. The lowest BCUT2D eigenvalue weighted by Crippen LogP contribution is -2.15. The maximum absolute atomic E-state index is 11.0. The minimum Gasteiger partial charge on any atom is -0.383 e. The second-order valence-corrected chi connectivity index (χ2v) is 4.18. The van der Waals surface area contributed by atoms with Gasteiger partial charge in [-0.15, -0.1) is 0 Å². The third-order valence-electron chi connectivity index (χ3n) is 2.10. The Labute approximate surface area is 112 Å². The van der Waals surface area contributed by atoms with Crippen molar-refractivity contribution in [2.45, 2.75) is 0 Å². The molecule has 8 heteroatoms. The molecule has 18 heavy (non-hydrogen) atoms. The fourth-order valence-electron chi connectivity index (χ4n) is 1.28. The predicted octanol–water partition coefficient (Wildman–Crippen LogP) is 1.53. The molecule has 0 saturated heterocycles. The van der Waals surface area contributed by atoms with Crippen molar-refractivity contribution in [1.29, 1.82) is 0 Å². The lowest BCUT2D eigenvalue weighted by Gasteiger charge is -2.05. The van der Waals surface area contributed by atoms with Gasteiger partial charge in [-0.1, -0.05) is 23.2 Å². The summed E-state index contributed by atoms with van der Waals surface area (Å²) in [5.74, 6) is -0.534. The number of nitrogens with two attached hydrogens (primary N) is 2. The summed E-state index contributed by atoms with van der Waals surface area (Å²) in [6, 6.07) is 1.51. The third-order valence-corrected chi connectivity index (χ3v) is 2.60. The molecule has 0 spiro atoms. The van der Waals surface area contributed by atoms with Crippen LogP contribution in [-0.2, 0) is 0 Å². The molecule has 4 N–H and O–H groups in total. The highest BCUT2D eigenvalue weighted by Crippen LogP contribution is 2.26. The largest absolute Gasteiger partial charge is 0.383 e. The van der Waals surface area contributed by atoms with Crippen LogP contribution < -0.4 is 11.5 Å². The maximum atomic E-state index is 11.0. The van der Waals surface area contributed by atoms with Gasteiger partial charge in [0, 0.05) is 12.4 Å². The molecule has 92 valence electrons. The Kier molecular flexibility index (Phi) is 3.31. The van der Waals surface area contributed by atoms with E-state index in [1.807, 2.05) is 0 Å². The van der Waals surface area contributed by atoms with Crippen molar-refractivity contribution in [3.8, 4) is 11.5 Å². The van der Waals surface area contributed by atoms with Crippen LogP contribution in [0, 0.1) is 0 Å². The highest BCUT2D eigenvalue weighted by Gasteiger charge is 2.13. The van der Waals surface area contributed by atoms with Crippen LogP contribution in [0.15, 0.2) is 18.5 Å². The van der Waals surface area contributed by atoms with E-state index in [-0.39, 0.29) is 22.2 Å². The van der Waals surface area contributed by atoms with Gasteiger partial charge >= 0.3 is 0 Å². The molecule has 1 amide bonds. The average molecular weight is 284 g/mol. The molecule has 0 saturated carbocycles. The predicted molar refractivity (Wildman–Crippen MR) is 68.2 cm³/mol. The van der Waals surface area contributed by atoms with Crippen LogP contribution in [0.5, 0.6) is 0 Å². The Balaban J connectivity index is 2.52. The first-order valence-corrected chi connectivity index (χ1v) is 5.48. The van der Waals surface area contributed by atoms with Gasteiger partial charge in [-0.3, -0.25) is 4.79 Å². The lowest BCUT2D eigenvalue weighted by atomic mass is 10.2. The fourth-order valence-corrected chi connectivity index (χ4v) is 1.74. The number of amides is 1. The van der Waals surface area contributed by atoms with Gasteiger partial charge in [0.2, 0.25) is 0 Å². The number of anilines is 1. The Morgan fingerprint density at radius 3 is 2.50 bits per heavy atom. The smallest absolute Gasteiger partial charge is 0.254 e. The van der Waals surface area contributed by atoms with Crippen molar-refractivity contribution in [2.24, 2.45) is 5.73 Å². The summed E-state index contributed by atoms with van der Waals surface area (Å²) in [7, 11) is 0. The van der Waals surface area contributed by atoms with E-state index in [2.05, 4.69) is 15.0 Å². The van der Waals surface area contributed by atoms with Crippen molar-refractivity contribution < 1.29 is 4.79 Å². The highest BCUT2D eigenvalue weighted by atomic mass is 35.5. The summed E-state index contributed by atoms with van der Waals surface area (Å²) < 4.78 is 0. The van der Waals surface area contributed by atoms with E-state index in [0.29, 0.717) is 10.7 Å². The van der Waals surface area contributed by atoms with Gasteiger partial charge in [0.15, 0.2) is 5.82 Å². The number of carbonyl (C=O) groups is 1. The van der Waals surface area contributed by atoms with Crippen LogP contribution >= 0.6 is 23.2 Å². The van der Waals surface area contributed by atoms with Crippen molar-refractivity contribution in [2.75, 3.05) is 5.73 Å². The number of carbonyl (C=O) groups excluding carboxylic acids is 1. The van der Waals surface area contributed by atoms with E-state index < -0.39 is 5.91 Å². The number of hydrogen-bond donors (Lipinski definition) is 2. The van der Waals surface area contributed by atoms with E-state index in [1.165, 1.54) is 18.5 Å². The normalized spacial score (nSPS) is 10.3. The minimum atomic E-state index is -0.700. The van der Waals surface area contributed by atoms with Gasteiger partial charge in [0.05, 0.1) is 15.6 Å². The molecule has 0 unspecified atom stereocenters. The van der Waals surface area contributed by atoms with Crippen molar-refractivity contribution >= 4 is 34.9 Å². The molecule has 2 aromatic heterocycles. The summed E-state index contributed by atoms with van der Waals surface area (Å²) in [4.78, 5) is 22.9. The van der Waals surface area contributed by atoms with Gasteiger partial charge in [-0.2, -0.15) is 0 Å². The molecule has 2 rings (SSSR count). The van der Waals surface area contributed by atoms with Crippen LogP contribution in [0.1, 0.15) is 10.4 Å². The standard InChI is InChI=1S/C10H7Cl2N5O/c11-4-1-6(12)7(15-2-4)10-16-3-5(9(14)18)8(13)17-10/h1-3H,(H2,14,18)(H2,13,16,17). The van der Waals surface area contributed by atoms with Crippen molar-refractivity contribution in [1.82, 2.24) is 15.0 Å². The van der Waals surface area contributed by atoms with Gasteiger partial charge in [0.25, 0.3) is 5.91 Å². The second-order valence-electron chi connectivity index (χ2n) is 3.34. The Hall–Kier alpha value is -1.92. The summed E-state index contributed by atoms with van der Waals surface area (Å²) in [5.41, 5.74) is 11.1. The third kappa shape index (κ3) is 2.34. The first-order valence-electron chi connectivity index (χ1n) is 4.72. The van der Waals surface area contributed by atoms with E-state index in [4.69, 9.17) is 34.7 Å². The molecular formula is C10H7Cl2N5O. The first kappa shape index (κ1) is 12.5. The molecule has 2 aromatic rings. The fraction of sp³-hybridized carbons (Fsp3) is 0. The summed E-state index contributed by atoms with van der Waals surface area (Å²) in [6.07, 6.45) is 2.64. The van der Waals surface area contributed by atoms with Gasteiger partial charge in [0.1, 0.15) is 11.5 Å². The highest BCUT2D eigenvalue weighted by molar-refractivity contribution is 6.35. The molecule has 0 radical (unpaired) electrons. The number of nitrogen functional groups attached to an aromatic ring is 1. The molecule has 6 nitrogen and oxygen atoms in total. The van der Waals surface area contributed by atoms with E-state index >= 15 is 0 Å². The van der Waals surface area contributed by atoms with E-state index in [0.717, 1.165) is 0 Å². The maximum Gasteiger partial charge on any atom is 0.254 e. The number of hydrogen-bond acceptors (Lipinski definition) is 5. The van der Waals surface area contributed by atoms with Crippen molar-refractivity contribution in [3.63, 3.8) is 0 Å². The zero-order chi connectivity index (χ0) is 13.3. The number of primary amides is 1. The number of halogens is 2. The summed E-state index contributed by atoms with van der Waals surface area (Å²) in [5, 5.41) is 0.680. The summed E-state index contributed by atoms with van der Waals surface area (Å²) >= 11 is 11.7. The number of aromatic nitrogens is 3. The van der Waals surface area contributed by atoms with Gasteiger partial charge in [-0.25, -0.2) is 15.0 Å². The Bertz CT molecular complexity index is 632. The Morgan fingerprint density at radius 1 is 1.22 bits per heavy atom. The molecule has 0 aliphatic rings. The monoisotopic (exact) mass is 283 g/mol. The average Bonchev–Trinajstić information content (AvgIpc) is 2.28. The zero-order valence-electron chi connectivity index (χ0n) is 8.89.